The average Bonchev–Trinajstić information content (AvgIpc) is 3.26. The third kappa shape index (κ3) is 8.16. The number of nitrogens with zero attached hydrogens (tertiary/aromatic N) is 3. The second-order valence-corrected chi connectivity index (χ2v) is 11.2. The number of anilines is 1. The maximum atomic E-state index is 12.3. The van der Waals surface area contributed by atoms with Crippen molar-refractivity contribution in [1.29, 1.82) is 0 Å². The Morgan fingerprint density at radius 1 is 0.902 bits per heavy atom. The van der Waals surface area contributed by atoms with E-state index in [4.69, 9.17) is 19.4 Å². The summed E-state index contributed by atoms with van der Waals surface area (Å²) in [4.78, 5) is 34.3. The van der Waals surface area contributed by atoms with E-state index in [1.165, 1.54) is 0 Å². The standard InChI is InChI=1S/C33H40N4O4/c1-6-8-14-29-34-26-20-21-28(35-30(38)15-9-7-2)36-31(26)37(29)22-23-16-18-24(19-17-23)25-12-10-11-13-27(25)40-32(39)41-33(3,4)5/h10-13,16-21H,6-9,14-15,22H2,1-5H3,(H,35,36,38). The zero-order chi connectivity index (χ0) is 29.4. The number of carbonyl (C=O) groups is 2. The van der Waals surface area contributed by atoms with Crippen LogP contribution < -0.4 is 10.1 Å². The van der Waals surface area contributed by atoms with E-state index in [-0.39, 0.29) is 5.91 Å². The molecule has 1 N–H and O–H groups in total. The highest BCUT2D eigenvalue weighted by molar-refractivity contribution is 5.90. The molecule has 0 unspecified atom stereocenters. The van der Waals surface area contributed by atoms with Crippen molar-refractivity contribution < 1.29 is 19.1 Å². The number of benzene rings is 2. The number of imidazole rings is 1. The van der Waals surface area contributed by atoms with Crippen LogP contribution in [0.3, 0.4) is 0 Å². The Labute approximate surface area is 242 Å². The first-order valence-electron chi connectivity index (χ1n) is 14.4. The fourth-order valence-corrected chi connectivity index (χ4v) is 4.48. The lowest BCUT2D eigenvalue weighted by Gasteiger charge is -2.19. The van der Waals surface area contributed by atoms with Gasteiger partial charge in [0.2, 0.25) is 5.91 Å². The molecule has 0 spiro atoms. The zero-order valence-corrected chi connectivity index (χ0v) is 24.7. The van der Waals surface area contributed by atoms with Crippen LogP contribution in [-0.2, 0) is 22.5 Å². The van der Waals surface area contributed by atoms with Crippen molar-refractivity contribution in [1.82, 2.24) is 14.5 Å². The van der Waals surface area contributed by atoms with Gasteiger partial charge in [0, 0.05) is 18.4 Å². The number of carbonyl (C=O) groups excluding carboxylic acids is 2. The van der Waals surface area contributed by atoms with Crippen LogP contribution in [0.15, 0.2) is 60.7 Å². The van der Waals surface area contributed by atoms with E-state index < -0.39 is 11.8 Å². The minimum absolute atomic E-state index is 0.0255. The number of nitrogens with one attached hydrogen (secondary N) is 1. The van der Waals surface area contributed by atoms with Gasteiger partial charge in [-0.3, -0.25) is 4.79 Å². The molecule has 4 rings (SSSR count). The summed E-state index contributed by atoms with van der Waals surface area (Å²) in [5.41, 5.74) is 3.72. The third-order valence-electron chi connectivity index (χ3n) is 6.53. The smallest absolute Gasteiger partial charge is 0.428 e. The molecule has 0 saturated carbocycles. The van der Waals surface area contributed by atoms with Crippen molar-refractivity contribution in [2.45, 2.75) is 85.3 Å². The van der Waals surface area contributed by atoms with Crippen LogP contribution in [0.25, 0.3) is 22.3 Å². The van der Waals surface area contributed by atoms with E-state index in [1.54, 1.807) is 26.8 Å². The molecule has 8 heteroatoms. The predicted molar refractivity (Wildman–Crippen MR) is 162 cm³/mol. The molecule has 8 nitrogen and oxygen atoms in total. The number of rotatable bonds is 11. The van der Waals surface area contributed by atoms with E-state index in [9.17, 15) is 9.59 Å². The van der Waals surface area contributed by atoms with Gasteiger partial charge in [0.1, 0.15) is 28.5 Å². The van der Waals surface area contributed by atoms with Gasteiger partial charge < -0.3 is 19.4 Å². The van der Waals surface area contributed by atoms with E-state index in [2.05, 4.69) is 35.9 Å². The van der Waals surface area contributed by atoms with Crippen molar-refractivity contribution in [3.05, 3.63) is 72.1 Å². The van der Waals surface area contributed by atoms with Gasteiger partial charge in [-0.2, -0.15) is 0 Å². The number of ether oxygens (including phenoxy) is 2. The van der Waals surface area contributed by atoms with E-state index in [0.717, 1.165) is 65.8 Å². The molecule has 0 radical (unpaired) electrons. The number of hydrogen-bond acceptors (Lipinski definition) is 6. The number of unbranched alkanes of at least 4 members (excludes halogenated alkanes) is 2. The Balaban J connectivity index is 1.59. The predicted octanol–water partition coefficient (Wildman–Crippen LogP) is 7.93. The van der Waals surface area contributed by atoms with Gasteiger partial charge in [-0.15, -0.1) is 0 Å². The maximum Gasteiger partial charge on any atom is 0.514 e. The van der Waals surface area contributed by atoms with Gasteiger partial charge in [0.25, 0.3) is 0 Å². The Kier molecular flexibility index (Phi) is 9.76. The minimum Gasteiger partial charge on any atom is -0.428 e. The molecule has 1 amide bonds. The second kappa shape index (κ2) is 13.4. The summed E-state index contributed by atoms with van der Waals surface area (Å²) in [7, 11) is 0. The molecule has 2 aromatic heterocycles. The first-order valence-corrected chi connectivity index (χ1v) is 14.4. The summed E-state index contributed by atoms with van der Waals surface area (Å²) in [6.45, 7) is 10.2. The summed E-state index contributed by atoms with van der Waals surface area (Å²) in [5, 5.41) is 2.93. The summed E-state index contributed by atoms with van der Waals surface area (Å²) in [6.07, 6.45) is 4.50. The van der Waals surface area contributed by atoms with Crippen LogP contribution in [0.5, 0.6) is 5.75 Å². The van der Waals surface area contributed by atoms with Crippen molar-refractivity contribution in [3.8, 4) is 16.9 Å². The molecule has 0 aliphatic rings. The summed E-state index contributed by atoms with van der Waals surface area (Å²) >= 11 is 0. The van der Waals surface area contributed by atoms with Gasteiger partial charge in [-0.1, -0.05) is 69.2 Å². The fraction of sp³-hybridized carbons (Fsp3) is 0.394. The zero-order valence-electron chi connectivity index (χ0n) is 24.7. The maximum absolute atomic E-state index is 12.3. The van der Waals surface area contributed by atoms with Gasteiger partial charge in [0.05, 0.1) is 6.54 Å². The molecule has 0 bridgehead atoms. The first-order chi connectivity index (χ1) is 19.7. The van der Waals surface area contributed by atoms with Crippen molar-refractivity contribution in [2.75, 3.05) is 5.32 Å². The molecule has 2 heterocycles. The summed E-state index contributed by atoms with van der Waals surface area (Å²) in [6, 6.07) is 19.3. The highest BCUT2D eigenvalue weighted by atomic mass is 16.7. The largest absolute Gasteiger partial charge is 0.514 e. The number of aryl methyl sites for hydroxylation is 1. The average molecular weight is 557 g/mol. The van der Waals surface area contributed by atoms with Gasteiger partial charge in [-0.05, 0) is 62.9 Å². The number of fused-ring (bicyclic) bond motifs is 1. The van der Waals surface area contributed by atoms with Crippen molar-refractivity contribution in [2.24, 2.45) is 0 Å². The number of hydrogen-bond donors (Lipinski definition) is 1. The molecule has 4 aromatic rings. The molecular formula is C33H40N4O4. The Bertz CT molecular complexity index is 1490. The molecular weight excluding hydrogens is 516 g/mol. The van der Waals surface area contributed by atoms with Crippen LogP contribution >= 0.6 is 0 Å². The highest BCUT2D eigenvalue weighted by Gasteiger charge is 2.20. The lowest BCUT2D eigenvalue weighted by Crippen LogP contribution is -2.26. The van der Waals surface area contributed by atoms with Gasteiger partial charge in [-0.25, -0.2) is 14.8 Å². The van der Waals surface area contributed by atoms with Gasteiger partial charge in [0.15, 0.2) is 5.65 Å². The molecule has 0 saturated heterocycles. The monoisotopic (exact) mass is 556 g/mol. The van der Waals surface area contributed by atoms with Crippen LogP contribution in [0.4, 0.5) is 10.6 Å². The van der Waals surface area contributed by atoms with Crippen LogP contribution in [0.2, 0.25) is 0 Å². The first kappa shape index (κ1) is 29.8. The Morgan fingerprint density at radius 3 is 2.34 bits per heavy atom. The molecule has 2 aromatic carbocycles. The van der Waals surface area contributed by atoms with Crippen LogP contribution in [0.1, 0.15) is 78.1 Å². The molecule has 41 heavy (non-hydrogen) atoms. The molecule has 0 aliphatic carbocycles. The number of pyridine rings is 1. The Hall–Kier alpha value is -4.20. The van der Waals surface area contributed by atoms with Crippen LogP contribution in [-0.4, -0.2) is 32.2 Å². The molecule has 0 atom stereocenters. The fourth-order valence-electron chi connectivity index (χ4n) is 4.48. The molecule has 0 aliphatic heterocycles. The number of aromatic nitrogens is 3. The Morgan fingerprint density at radius 2 is 1.63 bits per heavy atom. The van der Waals surface area contributed by atoms with Crippen molar-refractivity contribution >= 4 is 29.0 Å². The lowest BCUT2D eigenvalue weighted by molar-refractivity contribution is -0.116. The van der Waals surface area contributed by atoms with E-state index >= 15 is 0 Å². The van der Waals surface area contributed by atoms with E-state index in [0.29, 0.717) is 24.5 Å². The van der Waals surface area contributed by atoms with Gasteiger partial charge >= 0.3 is 6.16 Å². The van der Waals surface area contributed by atoms with Crippen molar-refractivity contribution in [3.63, 3.8) is 0 Å². The summed E-state index contributed by atoms with van der Waals surface area (Å²) in [5.74, 6) is 1.93. The SMILES string of the molecule is CCCCC(=O)Nc1ccc2nc(CCCC)n(Cc3ccc(-c4ccccc4OC(=O)OC(C)(C)C)cc3)c2n1. The topological polar surface area (TPSA) is 95.3 Å². The highest BCUT2D eigenvalue weighted by Crippen LogP contribution is 2.31. The second-order valence-electron chi connectivity index (χ2n) is 11.2. The van der Waals surface area contributed by atoms with E-state index in [1.807, 2.05) is 42.5 Å². The van der Waals surface area contributed by atoms with Crippen LogP contribution in [0, 0.1) is 0 Å². The molecule has 0 fully saturated rings. The number of amides is 1. The minimum atomic E-state index is -0.735. The lowest BCUT2D eigenvalue weighted by atomic mass is 10.0. The summed E-state index contributed by atoms with van der Waals surface area (Å²) < 4.78 is 13.0. The quantitative estimate of drug-likeness (QED) is 0.149. The normalized spacial score (nSPS) is 11.4. The third-order valence-corrected chi connectivity index (χ3v) is 6.53. The number of para-hydroxylation sites is 1. The molecule has 216 valence electrons.